The fraction of sp³-hybridized carbons (Fsp3) is 0.125. The third-order valence-electron chi connectivity index (χ3n) is 4.48. The quantitative estimate of drug-likeness (QED) is 0.281. The van der Waals surface area contributed by atoms with Gasteiger partial charge in [-0.05, 0) is 71.7 Å². The van der Waals surface area contributed by atoms with Crippen molar-refractivity contribution in [1.29, 1.82) is 0 Å². The molecule has 4 nitrogen and oxygen atoms in total. The summed E-state index contributed by atoms with van der Waals surface area (Å²) in [6.07, 6.45) is 3.20. The summed E-state index contributed by atoms with van der Waals surface area (Å²) in [6, 6.07) is 18.1. The molecule has 0 saturated carbocycles. The lowest BCUT2D eigenvalue weighted by Crippen LogP contribution is -2.09. The third kappa shape index (κ3) is 5.42. The van der Waals surface area contributed by atoms with E-state index in [1.807, 2.05) is 24.3 Å². The molecule has 0 unspecified atom stereocenters. The molecule has 3 aromatic rings. The molecule has 0 saturated heterocycles. The van der Waals surface area contributed by atoms with Crippen molar-refractivity contribution in [3.05, 3.63) is 101 Å². The maximum Gasteiger partial charge on any atom is 0.339 e. The standard InChI is InChI=1S/C24H21FO4S/c1-17(2)19-6-3-18(4-7-19)5-16-24(26)20-8-12-22(13-9-20)29-30(27,28)23-14-10-21(25)11-15-23/h3-17H,1-2H3. The summed E-state index contributed by atoms with van der Waals surface area (Å²) in [5, 5.41) is 0. The van der Waals surface area contributed by atoms with Gasteiger partial charge in [0.05, 0.1) is 0 Å². The Bertz CT molecular complexity index is 1150. The highest BCUT2D eigenvalue weighted by Gasteiger charge is 2.16. The van der Waals surface area contributed by atoms with Crippen LogP contribution in [0.15, 0.2) is 83.8 Å². The van der Waals surface area contributed by atoms with Crippen molar-refractivity contribution < 1.29 is 21.8 Å². The minimum atomic E-state index is -4.08. The number of ketones is 1. The van der Waals surface area contributed by atoms with Crippen LogP contribution >= 0.6 is 0 Å². The number of carbonyl (C=O) groups excluding carboxylic acids is 1. The zero-order valence-corrected chi connectivity index (χ0v) is 17.4. The zero-order chi connectivity index (χ0) is 21.7. The Hall–Kier alpha value is -3.25. The SMILES string of the molecule is CC(C)c1ccc(C=CC(=O)c2ccc(OS(=O)(=O)c3ccc(F)cc3)cc2)cc1. The fourth-order valence-corrected chi connectivity index (χ4v) is 3.64. The van der Waals surface area contributed by atoms with E-state index in [1.54, 1.807) is 6.08 Å². The maximum atomic E-state index is 13.0. The van der Waals surface area contributed by atoms with Crippen molar-refractivity contribution in [2.75, 3.05) is 0 Å². The predicted molar refractivity (Wildman–Crippen MR) is 115 cm³/mol. The lowest BCUT2D eigenvalue weighted by atomic mass is 10.0. The van der Waals surface area contributed by atoms with Crippen LogP contribution in [0.5, 0.6) is 5.75 Å². The molecule has 0 aliphatic heterocycles. The summed E-state index contributed by atoms with van der Waals surface area (Å²) < 4.78 is 42.5. The Balaban J connectivity index is 1.67. The molecule has 0 fully saturated rings. The summed E-state index contributed by atoms with van der Waals surface area (Å²) >= 11 is 0. The van der Waals surface area contributed by atoms with Gasteiger partial charge in [0.25, 0.3) is 0 Å². The van der Waals surface area contributed by atoms with Crippen LogP contribution in [0.4, 0.5) is 4.39 Å². The van der Waals surface area contributed by atoms with Gasteiger partial charge in [0.15, 0.2) is 5.78 Å². The van der Waals surface area contributed by atoms with Gasteiger partial charge in [0.1, 0.15) is 16.5 Å². The topological polar surface area (TPSA) is 60.4 Å². The summed E-state index contributed by atoms with van der Waals surface area (Å²) in [4.78, 5) is 12.2. The van der Waals surface area contributed by atoms with E-state index in [4.69, 9.17) is 4.18 Å². The highest BCUT2D eigenvalue weighted by molar-refractivity contribution is 7.87. The lowest BCUT2D eigenvalue weighted by molar-refractivity contribution is 0.104. The van der Waals surface area contributed by atoms with Crippen LogP contribution in [0.3, 0.4) is 0 Å². The van der Waals surface area contributed by atoms with E-state index < -0.39 is 15.9 Å². The highest BCUT2D eigenvalue weighted by Crippen LogP contribution is 2.20. The second-order valence-corrected chi connectivity index (χ2v) is 8.58. The molecule has 0 radical (unpaired) electrons. The van der Waals surface area contributed by atoms with Gasteiger partial charge in [-0.15, -0.1) is 0 Å². The summed E-state index contributed by atoms with van der Waals surface area (Å²) in [5.41, 5.74) is 2.54. The van der Waals surface area contributed by atoms with Crippen molar-refractivity contribution in [2.24, 2.45) is 0 Å². The van der Waals surface area contributed by atoms with E-state index in [0.29, 0.717) is 11.5 Å². The summed E-state index contributed by atoms with van der Waals surface area (Å²) in [7, 11) is -4.08. The largest absolute Gasteiger partial charge is 0.379 e. The molecule has 0 aliphatic rings. The van der Waals surface area contributed by atoms with Gasteiger partial charge >= 0.3 is 10.1 Å². The van der Waals surface area contributed by atoms with Crippen LogP contribution in [0.2, 0.25) is 0 Å². The smallest absolute Gasteiger partial charge is 0.339 e. The molecule has 3 rings (SSSR count). The Kier molecular flexibility index (Phi) is 6.47. The molecule has 0 atom stereocenters. The van der Waals surface area contributed by atoms with E-state index in [-0.39, 0.29) is 16.4 Å². The van der Waals surface area contributed by atoms with Crippen LogP contribution in [0.25, 0.3) is 6.08 Å². The first-order valence-electron chi connectivity index (χ1n) is 9.37. The van der Waals surface area contributed by atoms with Crippen LogP contribution < -0.4 is 4.18 Å². The molecule has 0 N–H and O–H groups in total. The average molecular weight is 424 g/mol. The van der Waals surface area contributed by atoms with Crippen LogP contribution in [0.1, 0.15) is 41.3 Å². The van der Waals surface area contributed by atoms with Gasteiger partial charge in [-0.1, -0.05) is 44.2 Å². The molecule has 0 amide bonds. The Morgan fingerprint density at radius 2 is 1.50 bits per heavy atom. The second kappa shape index (κ2) is 9.05. The van der Waals surface area contributed by atoms with Crippen LogP contribution in [-0.4, -0.2) is 14.2 Å². The molecule has 0 heterocycles. The van der Waals surface area contributed by atoms with Crippen LogP contribution in [0, 0.1) is 5.82 Å². The average Bonchev–Trinajstić information content (AvgIpc) is 2.73. The monoisotopic (exact) mass is 424 g/mol. The second-order valence-electron chi connectivity index (χ2n) is 7.03. The Morgan fingerprint density at radius 1 is 0.900 bits per heavy atom. The number of benzene rings is 3. The van der Waals surface area contributed by atoms with Crippen LogP contribution in [-0.2, 0) is 10.1 Å². The first kappa shape index (κ1) is 21.5. The van der Waals surface area contributed by atoms with E-state index in [1.165, 1.54) is 35.9 Å². The van der Waals surface area contributed by atoms with Crippen molar-refractivity contribution in [3.8, 4) is 5.75 Å². The van der Waals surface area contributed by atoms with Crippen molar-refractivity contribution in [3.63, 3.8) is 0 Å². The van der Waals surface area contributed by atoms with Gasteiger partial charge in [0.2, 0.25) is 0 Å². The molecule has 3 aromatic carbocycles. The fourth-order valence-electron chi connectivity index (χ4n) is 2.71. The van der Waals surface area contributed by atoms with E-state index in [0.717, 1.165) is 29.8 Å². The zero-order valence-electron chi connectivity index (χ0n) is 16.6. The molecular weight excluding hydrogens is 403 g/mol. The van der Waals surface area contributed by atoms with Gasteiger partial charge in [-0.2, -0.15) is 8.42 Å². The number of rotatable bonds is 7. The molecule has 6 heteroatoms. The Morgan fingerprint density at radius 3 is 2.07 bits per heavy atom. The van der Waals surface area contributed by atoms with Gasteiger partial charge in [-0.25, -0.2) is 4.39 Å². The predicted octanol–water partition coefficient (Wildman–Crippen LogP) is 5.61. The maximum absolute atomic E-state index is 13.0. The normalized spacial score (nSPS) is 11.7. The van der Waals surface area contributed by atoms with Gasteiger partial charge in [0, 0.05) is 5.56 Å². The molecule has 0 aliphatic carbocycles. The van der Waals surface area contributed by atoms with Crippen molar-refractivity contribution in [2.45, 2.75) is 24.7 Å². The van der Waals surface area contributed by atoms with Gasteiger partial charge < -0.3 is 4.18 Å². The van der Waals surface area contributed by atoms with E-state index in [9.17, 15) is 17.6 Å². The molecule has 154 valence electrons. The molecular formula is C24H21FO4S. The summed E-state index contributed by atoms with van der Waals surface area (Å²) in [6.45, 7) is 4.24. The van der Waals surface area contributed by atoms with Crippen molar-refractivity contribution >= 4 is 22.0 Å². The highest BCUT2D eigenvalue weighted by atomic mass is 32.2. The number of hydrogen-bond donors (Lipinski definition) is 0. The molecule has 30 heavy (non-hydrogen) atoms. The molecule has 0 aromatic heterocycles. The summed E-state index contributed by atoms with van der Waals surface area (Å²) in [5.74, 6) is -0.252. The first-order chi connectivity index (χ1) is 14.2. The van der Waals surface area contributed by atoms with E-state index >= 15 is 0 Å². The molecule has 0 spiro atoms. The number of carbonyl (C=O) groups is 1. The lowest BCUT2D eigenvalue weighted by Gasteiger charge is -2.07. The number of allylic oxidation sites excluding steroid dienone is 1. The van der Waals surface area contributed by atoms with Crippen molar-refractivity contribution in [1.82, 2.24) is 0 Å². The van der Waals surface area contributed by atoms with Gasteiger partial charge in [-0.3, -0.25) is 4.79 Å². The first-order valence-corrected chi connectivity index (χ1v) is 10.8. The molecule has 0 bridgehead atoms. The third-order valence-corrected chi connectivity index (χ3v) is 5.74. The minimum Gasteiger partial charge on any atom is -0.379 e. The number of hydrogen-bond acceptors (Lipinski definition) is 4. The van der Waals surface area contributed by atoms with E-state index in [2.05, 4.69) is 13.8 Å². The Labute approximate surface area is 175 Å². The minimum absolute atomic E-state index is 0.0594. The number of halogens is 1.